The van der Waals surface area contributed by atoms with E-state index in [0.29, 0.717) is 17.0 Å². The lowest BCUT2D eigenvalue weighted by molar-refractivity contribution is 0.613. The Bertz CT molecular complexity index is 366. The minimum atomic E-state index is 0.358. The molecule has 1 atom stereocenters. The van der Waals surface area contributed by atoms with Crippen LogP contribution in [0.3, 0.4) is 0 Å². The predicted octanol–water partition coefficient (Wildman–Crippen LogP) is 4.60. The fraction of sp³-hybridized carbons (Fsp3) is 0.667. The summed E-state index contributed by atoms with van der Waals surface area (Å²) in [6, 6.07) is 0. The van der Waals surface area contributed by atoms with Gasteiger partial charge in [-0.15, -0.1) is 0 Å². The molecular weight excluding hydrogens is 288 g/mol. The van der Waals surface area contributed by atoms with Crippen molar-refractivity contribution >= 4 is 27.5 Å². The van der Waals surface area contributed by atoms with Crippen LogP contribution < -0.4 is 0 Å². The average molecular weight is 306 g/mol. The Morgan fingerprint density at radius 3 is 2.38 bits per heavy atom. The van der Waals surface area contributed by atoms with Gasteiger partial charge in [-0.2, -0.15) is 0 Å². The third-order valence-electron chi connectivity index (χ3n) is 2.55. The number of halogens is 2. The van der Waals surface area contributed by atoms with E-state index in [1.165, 1.54) is 0 Å². The van der Waals surface area contributed by atoms with Crippen molar-refractivity contribution in [1.82, 2.24) is 9.97 Å². The van der Waals surface area contributed by atoms with Crippen LogP contribution in [0.5, 0.6) is 0 Å². The molecule has 0 saturated heterocycles. The number of nitrogens with zero attached hydrogens (tertiary/aromatic N) is 2. The molecular formula is C12H18BrClN2. The Morgan fingerprint density at radius 1 is 1.25 bits per heavy atom. The fourth-order valence-electron chi connectivity index (χ4n) is 1.41. The van der Waals surface area contributed by atoms with Gasteiger partial charge in [-0.1, -0.05) is 39.3 Å². The van der Waals surface area contributed by atoms with Crippen molar-refractivity contribution in [2.75, 3.05) is 0 Å². The molecule has 1 aromatic rings. The summed E-state index contributed by atoms with van der Waals surface area (Å²) < 4.78 is 0.843. The SMILES string of the molecule is CCC(C)c1nc(Cl)c(Br)c(CC(C)C)n1. The van der Waals surface area contributed by atoms with Gasteiger partial charge in [0.25, 0.3) is 0 Å². The summed E-state index contributed by atoms with van der Waals surface area (Å²) in [5.41, 5.74) is 1.02. The summed E-state index contributed by atoms with van der Waals surface area (Å²) in [5.74, 6) is 1.77. The molecule has 1 heterocycles. The van der Waals surface area contributed by atoms with Crippen LogP contribution in [0, 0.1) is 5.92 Å². The zero-order valence-electron chi connectivity index (χ0n) is 10.2. The normalized spacial score (nSPS) is 13.2. The second-order valence-electron chi connectivity index (χ2n) is 4.54. The highest BCUT2D eigenvalue weighted by atomic mass is 79.9. The van der Waals surface area contributed by atoms with Gasteiger partial charge in [0, 0.05) is 5.92 Å². The van der Waals surface area contributed by atoms with E-state index in [4.69, 9.17) is 11.6 Å². The van der Waals surface area contributed by atoms with Crippen molar-refractivity contribution in [3.05, 3.63) is 21.1 Å². The smallest absolute Gasteiger partial charge is 0.147 e. The van der Waals surface area contributed by atoms with E-state index in [1.807, 2.05) is 0 Å². The Hall–Kier alpha value is -0.150. The van der Waals surface area contributed by atoms with Crippen LogP contribution >= 0.6 is 27.5 Å². The molecule has 1 unspecified atom stereocenters. The summed E-state index contributed by atoms with van der Waals surface area (Å²) >= 11 is 9.56. The van der Waals surface area contributed by atoms with Gasteiger partial charge in [0.2, 0.25) is 0 Å². The van der Waals surface area contributed by atoms with Crippen LogP contribution in [0.1, 0.15) is 51.6 Å². The monoisotopic (exact) mass is 304 g/mol. The van der Waals surface area contributed by atoms with E-state index < -0.39 is 0 Å². The highest BCUT2D eigenvalue weighted by molar-refractivity contribution is 9.10. The van der Waals surface area contributed by atoms with Crippen molar-refractivity contribution in [2.24, 2.45) is 5.92 Å². The van der Waals surface area contributed by atoms with Crippen LogP contribution in [0.2, 0.25) is 5.15 Å². The maximum Gasteiger partial charge on any atom is 0.147 e. The first-order chi connectivity index (χ1) is 7.45. The van der Waals surface area contributed by atoms with Crippen LogP contribution in [-0.2, 0) is 6.42 Å². The molecule has 4 heteroatoms. The molecule has 0 radical (unpaired) electrons. The van der Waals surface area contributed by atoms with Gasteiger partial charge in [-0.25, -0.2) is 9.97 Å². The van der Waals surface area contributed by atoms with E-state index in [0.717, 1.165) is 28.8 Å². The lowest BCUT2D eigenvalue weighted by Gasteiger charge is -2.13. The molecule has 0 aliphatic carbocycles. The third-order valence-corrected chi connectivity index (χ3v) is 3.89. The molecule has 0 aromatic carbocycles. The van der Waals surface area contributed by atoms with Gasteiger partial charge in [0.05, 0.1) is 10.2 Å². The molecule has 1 aromatic heterocycles. The standard InChI is InChI=1S/C12H18BrClN2/c1-5-8(4)12-15-9(6-7(2)3)10(13)11(14)16-12/h7-8H,5-6H2,1-4H3. The van der Waals surface area contributed by atoms with Crippen LogP contribution in [0.25, 0.3) is 0 Å². The molecule has 0 fully saturated rings. The molecule has 16 heavy (non-hydrogen) atoms. The van der Waals surface area contributed by atoms with Gasteiger partial charge < -0.3 is 0 Å². The van der Waals surface area contributed by atoms with Crippen molar-refractivity contribution < 1.29 is 0 Å². The van der Waals surface area contributed by atoms with E-state index in [2.05, 4.69) is 53.6 Å². The highest BCUT2D eigenvalue weighted by Gasteiger charge is 2.14. The van der Waals surface area contributed by atoms with E-state index in [1.54, 1.807) is 0 Å². The summed E-state index contributed by atoms with van der Waals surface area (Å²) in [6.07, 6.45) is 1.95. The molecule has 0 aliphatic rings. The number of hydrogen-bond donors (Lipinski definition) is 0. The quantitative estimate of drug-likeness (QED) is 0.759. The van der Waals surface area contributed by atoms with Crippen LogP contribution in [0.15, 0.2) is 4.47 Å². The van der Waals surface area contributed by atoms with Gasteiger partial charge in [0.15, 0.2) is 0 Å². The van der Waals surface area contributed by atoms with E-state index >= 15 is 0 Å². The molecule has 0 bridgehead atoms. The molecule has 0 spiro atoms. The number of aromatic nitrogens is 2. The lowest BCUT2D eigenvalue weighted by Crippen LogP contribution is -2.07. The van der Waals surface area contributed by atoms with Gasteiger partial charge in [-0.05, 0) is 34.7 Å². The first kappa shape index (κ1) is 13.9. The molecule has 0 amide bonds. The van der Waals surface area contributed by atoms with Gasteiger partial charge in [0.1, 0.15) is 11.0 Å². The average Bonchev–Trinajstić information content (AvgIpc) is 2.22. The first-order valence-electron chi connectivity index (χ1n) is 5.67. The largest absolute Gasteiger partial charge is 0.236 e. The van der Waals surface area contributed by atoms with Crippen molar-refractivity contribution in [1.29, 1.82) is 0 Å². The lowest BCUT2D eigenvalue weighted by atomic mass is 10.1. The molecule has 2 nitrogen and oxygen atoms in total. The first-order valence-corrected chi connectivity index (χ1v) is 6.84. The van der Waals surface area contributed by atoms with E-state index in [9.17, 15) is 0 Å². The molecule has 0 aliphatic heterocycles. The third kappa shape index (κ3) is 3.42. The maximum absolute atomic E-state index is 6.11. The zero-order chi connectivity index (χ0) is 12.3. The fourth-order valence-corrected chi connectivity index (χ4v) is 1.94. The molecule has 0 saturated carbocycles. The van der Waals surface area contributed by atoms with Gasteiger partial charge >= 0.3 is 0 Å². The maximum atomic E-state index is 6.11. The van der Waals surface area contributed by atoms with Crippen molar-refractivity contribution in [3.8, 4) is 0 Å². The van der Waals surface area contributed by atoms with Crippen molar-refractivity contribution in [3.63, 3.8) is 0 Å². The predicted molar refractivity (Wildman–Crippen MR) is 72.0 cm³/mol. The number of hydrogen-bond acceptors (Lipinski definition) is 2. The second-order valence-corrected chi connectivity index (χ2v) is 5.69. The Morgan fingerprint density at radius 2 is 1.88 bits per heavy atom. The summed E-state index contributed by atoms with van der Waals surface area (Å²) in [4.78, 5) is 8.92. The van der Waals surface area contributed by atoms with E-state index in [-0.39, 0.29) is 0 Å². The minimum absolute atomic E-state index is 0.358. The topological polar surface area (TPSA) is 25.8 Å². The Balaban J connectivity index is 3.11. The second kappa shape index (κ2) is 5.97. The van der Waals surface area contributed by atoms with Crippen molar-refractivity contribution in [2.45, 2.75) is 46.5 Å². The molecule has 0 N–H and O–H groups in total. The Labute approximate surface area is 111 Å². The van der Waals surface area contributed by atoms with Crippen LogP contribution in [0.4, 0.5) is 0 Å². The highest BCUT2D eigenvalue weighted by Crippen LogP contribution is 2.27. The summed E-state index contributed by atoms with van der Waals surface area (Å²) in [5, 5.41) is 0.529. The van der Waals surface area contributed by atoms with Gasteiger partial charge in [-0.3, -0.25) is 0 Å². The Kier molecular flexibility index (Phi) is 5.19. The summed E-state index contributed by atoms with van der Waals surface area (Å²) in [7, 11) is 0. The number of rotatable bonds is 4. The minimum Gasteiger partial charge on any atom is -0.236 e. The molecule has 90 valence electrons. The van der Waals surface area contributed by atoms with Crippen LogP contribution in [-0.4, -0.2) is 9.97 Å². The molecule has 1 rings (SSSR count). The zero-order valence-corrected chi connectivity index (χ0v) is 12.6. The summed E-state index contributed by atoms with van der Waals surface area (Å²) in [6.45, 7) is 8.60.